The van der Waals surface area contributed by atoms with E-state index in [0.29, 0.717) is 0 Å². The normalized spacial score (nSPS) is 11.6. The third-order valence-electron chi connectivity index (χ3n) is 6.94. The van der Waals surface area contributed by atoms with Crippen molar-refractivity contribution in [2.24, 2.45) is 0 Å². The summed E-state index contributed by atoms with van der Waals surface area (Å²) in [6, 6.07) is 32.3. The van der Waals surface area contributed by atoms with Crippen LogP contribution in [0.15, 0.2) is 84.9 Å². The van der Waals surface area contributed by atoms with Gasteiger partial charge in [0.2, 0.25) is 0 Å². The van der Waals surface area contributed by atoms with Crippen LogP contribution < -0.4 is 15.9 Å². The molecule has 0 atom stereocenters. The van der Waals surface area contributed by atoms with E-state index in [1.807, 2.05) is 0 Å². The highest BCUT2D eigenvalue weighted by atomic mass is 31.2. The van der Waals surface area contributed by atoms with Gasteiger partial charge >= 0.3 is 0 Å². The maximum absolute atomic E-state index is 2.46. The van der Waals surface area contributed by atoms with Crippen LogP contribution >= 0.6 is 7.26 Å². The molecule has 3 aromatic carbocycles. The number of hydrogen-bond donors (Lipinski definition) is 0. The molecule has 0 radical (unpaired) electrons. The van der Waals surface area contributed by atoms with Crippen molar-refractivity contribution in [1.29, 1.82) is 0 Å². The maximum atomic E-state index is 2.46. The summed E-state index contributed by atoms with van der Waals surface area (Å²) in [5.41, 5.74) is 1.57. The molecule has 0 nitrogen and oxygen atoms in total. The van der Waals surface area contributed by atoms with Gasteiger partial charge in [0, 0.05) is 0 Å². The van der Waals surface area contributed by atoms with Crippen molar-refractivity contribution in [1.82, 2.24) is 0 Å². The molecule has 1 heteroatoms. The first-order valence-electron chi connectivity index (χ1n) is 13.4. The molecule has 0 saturated carbocycles. The van der Waals surface area contributed by atoms with Gasteiger partial charge in [0.15, 0.2) is 0 Å². The van der Waals surface area contributed by atoms with Crippen molar-refractivity contribution >= 4 is 23.2 Å². The van der Waals surface area contributed by atoms with Gasteiger partial charge in [-0.3, -0.25) is 0 Å². The Morgan fingerprint density at radius 3 is 1.55 bits per heavy atom. The predicted octanol–water partition coefficient (Wildman–Crippen LogP) is 8.46. The van der Waals surface area contributed by atoms with Crippen molar-refractivity contribution in [3.63, 3.8) is 0 Å². The Balaban J connectivity index is 1.95. The van der Waals surface area contributed by atoms with Crippen LogP contribution in [0.4, 0.5) is 0 Å². The van der Waals surface area contributed by atoms with E-state index in [1.165, 1.54) is 76.8 Å². The van der Waals surface area contributed by atoms with Gasteiger partial charge in [-0.25, -0.2) is 0 Å². The van der Waals surface area contributed by atoms with Gasteiger partial charge in [-0.2, -0.15) is 0 Å². The van der Waals surface area contributed by atoms with Gasteiger partial charge in [0.05, 0.1) is 6.16 Å². The second-order valence-electron chi connectivity index (χ2n) is 9.41. The van der Waals surface area contributed by atoms with Crippen LogP contribution in [0.25, 0.3) is 0 Å². The summed E-state index contributed by atoms with van der Waals surface area (Å²) >= 11 is 0. The molecule has 176 valence electrons. The Kier molecular flexibility index (Phi) is 11.2. The fraction of sp³-hybridized carbons (Fsp3) is 0.438. The molecule has 0 aliphatic carbocycles. The summed E-state index contributed by atoms with van der Waals surface area (Å²) in [7, 11) is -1.70. The highest BCUT2D eigenvalue weighted by Gasteiger charge is 2.45. The predicted molar refractivity (Wildman–Crippen MR) is 151 cm³/mol. The van der Waals surface area contributed by atoms with Crippen LogP contribution in [0.1, 0.15) is 83.6 Å². The van der Waals surface area contributed by atoms with Gasteiger partial charge < -0.3 is 0 Å². The van der Waals surface area contributed by atoms with E-state index in [1.54, 1.807) is 21.5 Å². The fourth-order valence-corrected chi connectivity index (χ4v) is 9.80. The molecule has 3 aromatic rings. The van der Waals surface area contributed by atoms with Gasteiger partial charge in [0.1, 0.15) is 23.2 Å². The zero-order valence-corrected chi connectivity index (χ0v) is 21.9. The first-order valence-corrected chi connectivity index (χ1v) is 15.4. The Morgan fingerprint density at radius 1 is 0.485 bits per heavy atom. The number of benzene rings is 3. The first-order chi connectivity index (χ1) is 16.3. The SMILES string of the molecule is CCCCCCCCCC[P+](c1ccccc1)(c1ccccc1)c1ccccc1CCCC. The van der Waals surface area contributed by atoms with Crippen LogP contribution in [-0.4, -0.2) is 6.16 Å². The van der Waals surface area contributed by atoms with Crippen LogP contribution in [-0.2, 0) is 6.42 Å². The van der Waals surface area contributed by atoms with Crippen molar-refractivity contribution in [3.8, 4) is 0 Å². The lowest BCUT2D eigenvalue weighted by atomic mass is 10.1. The molecule has 0 fully saturated rings. The molecule has 0 aliphatic heterocycles. The standard InChI is InChI=1S/C32H44P/c1-3-5-7-8-9-10-11-20-28-33(30-23-14-12-15-24-30,31-25-16-13-17-26-31)32-27-19-18-22-29(32)21-6-4-2/h12-19,22-27H,3-11,20-21,28H2,1-2H3/q+1. The summed E-state index contributed by atoms with van der Waals surface area (Å²) in [6.45, 7) is 4.61. The number of rotatable bonds is 15. The Morgan fingerprint density at radius 2 is 0.970 bits per heavy atom. The number of unbranched alkanes of at least 4 members (excludes halogenated alkanes) is 8. The van der Waals surface area contributed by atoms with E-state index < -0.39 is 7.26 Å². The smallest absolute Gasteiger partial charge is 0.0654 e. The molecule has 0 saturated heterocycles. The van der Waals surface area contributed by atoms with E-state index in [-0.39, 0.29) is 0 Å². The summed E-state index contributed by atoms with van der Waals surface area (Å²) < 4.78 is 0. The average Bonchev–Trinajstić information content (AvgIpc) is 2.88. The summed E-state index contributed by atoms with van der Waals surface area (Å²) in [5, 5.41) is 4.71. The molecular formula is C32H44P+. The Hall–Kier alpha value is -1.91. The van der Waals surface area contributed by atoms with E-state index in [2.05, 4.69) is 98.8 Å². The van der Waals surface area contributed by atoms with Gasteiger partial charge in [-0.1, -0.05) is 113 Å². The second kappa shape index (κ2) is 14.4. The fourth-order valence-electron chi connectivity index (χ4n) is 5.12. The highest BCUT2D eigenvalue weighted by Crippen LogP contribution is 2.56. The minimum atomic E-state index is -1.70. The van der Waals surface area contributed by atoms with Crippen molar-refractivity contribution in [3.05, 3.63) is 90.5 Å². The highest BCUT2D eigenvalue weighted by molar-refractivity contribution is 7.95. The molecular weight excluding hydrogens is 415 g/mol. The molecule has 0 N–H and O–H groups in total. The maximum Gasteiger partial charge on any atom is 0.112 e. The van der Waals surface area contributed by atoms with Gasteiger partial charge in [-0.15, -0.1) is 0 Å². The van der Waals surface area contributed by atoms with E-state index in [4.69, 9.17) is 0 Å². The molecule has 3 rings (SSSR count). The molecule has 33 heavy (non-hydrogen) atoms. The lowest BCUT2D eigenvalue weighted by Gasteiger charge is -2.29. The van der Waals surface area contributed by atoms with Crippen LogP contribution in [0, 0.1) is 0 Å². The molecule has 0 aromatic heterocycles. The van der Waals surface area contributed by atoms with E-state index in [0.717, 1.165) is 0 Å². The van der Waals surface area contributed by atoms with E-state index >= 15 is 0 Å². The number of hydrogen-bond acceptors (Lipinski definition) is 0. The summed E-state index contributed by atoms with van der Waals surface area (Å²) in [6.07, 6.45) is 16.0. The van der Waals surface area contributed by atoms with Crippen molar-refractivity contribution in [2.45, 2.75) is 84.5 Å². The second-order valence-corrected chi connectivity index (χ2v) is 13.0. The van der Waals surface area contributed by atoms with Crippen LogP contribution in [0.2, 0.25) is 0 Å². The quantitative estimate of drug-likeness (QED) is 0.158. The molecule has 0 amide bonds. The minimum Gasteiger partial charge on any atom is -0.0654 e. The van der Waals surface area contributed by atoms with Crippen LogP contribution in [0.3, 0.4) is 0 Å². The van der Waals surface area contributed by atoms with Crippen molar-refractivity contribution < 1.29 is 0 Å². The van der Waals surface area contributed by atoms with Gasteiger partial charge in [0.25, 0.3) is 0 Å². The lowest BCUT2D eigenvalue weighted by molar-refractivity contribution is 0.586. The minimum absolute atomic E-state index is 1.19. The van der Waals surface area contributed by atoms with Crippen molar-refractivity contribution in [2.75, 3.05) is 6.16 Å². The zero-order chi connectivity index (χ0) is 23.2. The Labute approximate surface area is 204 Å². The third kappa shape index (κ3) is 7.04. The third-order valence-corrected chi connectivity index (χ3v) is 11.5. The molecule has 0 aliphatic rings. The molecule has 0 heterocycles. The topological polar surface area (TPSA) is 0 Å². The van der Waals surface area contributed by atoms with E-state index in [9.17, 15) is 0 Å². The first kappa shape index (κ1) is 25.7. The zero-order valence-electron chi connectivity index (χ0n) is 21.0. The monoisotopic (exact) mass is 459 g/mol. The summed E-state index contributed by atoms with van der Waals surface area (Å²) in [4.78, 5) is 0. The molecule has 0 spiro atoms. The molecule has 0 bridgehead atoms. The van der Waals surface area contributed by atoms with Gasteiger partial charge in [-0.05, 0) is 61.6 Å². The largest absolute Gasteiger partial charge is 0.112 e. The molecule has 0 unspecified atom stereocenters. The summed E-state index contributed by atoms with van der Waals surface area (Å²) in [5.74, 6) is 0. The van der Waals surface area contributed by atoms with Crippen LogP contribution in [0.5, 0.6) is 0 Å². The number of aryl methyl sites for hydroxylation is 1. The average molecular weight is 460 g/mol. The Bertz CT molecular complexity index is 861. The lowest BCUT2D eigenvalue weighted by Crippen LogP contribution is -2.35.